The highest BCUT2D eigenvalue weighted by molar-refractivity contribution is 5.45. The van der Waals surface area contributed by atoms with Crippen molar-refractivity contribution in [1.29, 1.82) is 0 Å². The smallest absolute Gasteiger partial charge is 0.162 e. The molecule has 1 aliphatic heterocycles. The molecule has 2 atom stereocenters. The van der Waals surface area contributed by atoms with E-state index in [0.29, 0.717) is 17.7 Å². The molecule has 2 rings (SSSR count). The van der Waals surface area contributed by atoms with Crippen LogP contribution >= 0.6 is 0 Å². The first-order chi connectivity index (χ1) is 9.15. The minimum absolute atomic E-state index is 0.257. The number of methoxy groups -OCH3 is 1. The minimum Gasteiger partial charge on any atom is -0.504 e. The summed E-state index contributed by atoms with van der Waals surface area (Å²) < 4.78 is 5.16. The number of nitrogens with two attached hydrogens (primary N) is 1. The Balaban J connectivity index is 2.11. The molecule has 0 spiro atoms. The van der Waals surface area contributed by atoms with E-state index in [-0.39, 0.29) is 5.75 Å². The van der Waals surface area contributed by atoms with Crippen LogP contribution in [0.1, 0.15) is 25.3 Å². The second kappa shape index (κ2) is 6.26. The summed E-state index contributed by atoms with van der Waals surface area (Å²) in [5, 5.41) is 10.2. The third-order valence-electron chi connectivity index (χ3n) is 4.12. The Morgan fingerprint density at radius 3 is 2.89 bits per heavy atom. The molecule has 106 valence electrons. The van der Waals surface area contributed by atoms with Gasteiger partial charge in [0, 0.05) is 24.7 Å². The largest absolute Gasteiger partial charge is 0.504 e. The van der Waals surface area contributed by atoms with Gasteiger partial charge in [-0.25, -0.2) is 0 Å². The van der Waals surface area contributed by atoms with E-state index in [0.717, 1.165) is 25.2 Å². The molecule has 0 radical (unpaired) electrons. The van der Waals surface area contributed by atoms with Crippen molar-refractivity contribution in [3.05, 3.63) is 23.8 Å². The van der Waals surface area contributed by atoms with Gasteiger partial charge in [0.15, 0.2) is 11.5 Å². The van der Waals surface area contributed by atoms with Gasteiger partial charge in [-0.3, -0.25) is 4.90 Å². The SMILES string of the molecule is COc1cccc(CN2CC(CN)CCC2C)c1O. The molecule has 0 saturated carbocycles. The molecule has 2 unspecified atom stereocenters. The van der Waals surface area contributed by atoms with Crippen LogP contribution in [0.4, 0.5) is 0 Å². The maximum absolute atomic E-state index is 10.2. The van der Waals surface area contributed by atoms with Gasteiger partial charge in [0.25, 0.3) is 0 Å². The van der Waals surface area contributed by atoms with Gasteiger partial charge >= 0.3 is 0 Å². The van der Waals surface area contributed by atoms with Crippen molar-refractivity contribution in [1.82, 2.24) is 4.90 Å². The third kappa shape index (κ3) is 3.19. The normalized spacial score (nSPS) is 24.4. The van der Waals surface area contributed by atoms with Crippen molar-refractivity contribution >= 4 is 0 Å². The Hall–Kier alpha value is -1.26. The van der Waals surface area contributed by atoms with Crippen molar-refractivity contribution in [3.63, 3.8) is 0 Å². The number of likely N-dealkylation sites (tertiary alicyclic amines) is 1. The zero-order valence-corrected chi connectivity index (χ0v) is 11.8. The molecule has 1 heterocycles. The lowest BCUT2D eigenvalue weighted by Gasteiger charge is -2.37. The van der Waals surface area contributed by atoms with Gasteiger partial charge in [0.2, 0.25) is 0 Å². The van der Waals surface area contributed by atoms with Gasteiger partial charge in [-0.15, -0.1) is 0 Å². The van der Waals surface area contributed by atoms with Gasteiger partial charge < -0.3 is 15.6 Å². The molecule has 0 aromatic heterocycles. The van der Waals surface area contributed by atoms with Crippen LogP contribution in [0, 0.1) is 5.92 Å². The predicted octanol–water partition coefficient (Wildman–Crippen LogP) is 1.96. The molecule has 0 aliphatic carbocycles. The fraction of sp³-hybridized carbons (Fsp3) is 0.600. The van der Waals surface area contributed by atoms with Crippen molar-refractivity contribution in [2.45, 2.75) is 32.4 Å². The van der Waals surface area contributed by atoms with E-state index in [4.69, 9.17) is 10.5 Å². The minimum atomic E-state index is 0.257. The highest BCUT2D eigenvalue weighted by Crippen LogP contribution is 2.32. The Bertz CT molecular complexity index is 423. The molecule has 19 heavy (non-hydrogen) atoms. The van der Waals surface area contributed by atoms with E-state index in [1.54, 1.807) is 13.2 Å². The van der Waals surface area contributed by atoms with Gasteiger partial charge in [-0.1, -0.05) is 12.1 Å². The van der Waals surface area contributed by atoms with E-state index in [1.165, 1.54) is 12.8 Å². The van der Waals surface area contributed by atoms with Crippen LogP contribution in [0.5, 0.6) is 11.5 Å². The number of rotatable bonds is 4. The van der Waals surface area contributed by atoms with Crippen molar-refractivity contribution < 1.29 is 9.84 Å². The molecule has 1 aromatic carbocycles. The van der Waals surface area contributed by atoms with Crippen molar-refractivity contribution in [2.24, 2.45) is 11.7 Å². The quantitative estimate of drug-likeness (QED) is 0.873. The molecule has 1 aromatic rings. The lowest BCUT2D eigenvalue weighted by Crippen LogP contribution is -2.43. The molecule has 1 aliphatic rings. The lowest BCUT2D eigenvalue weighted by atomic mass is 9.93. The van der Waals surface area contributed by atoms with Crippen LogP contribution in [-0.2, 0) is 6.54 Å². The zero-order chi connectivity index (χ0) is 13.8. The third-order valence-corrected chi connectivity index (χ3v) is 4.12. The van der Waals surface area contributed by atoms with Crippen LogP contribution in [0.3, 0.4) is 0 Å². The number of aromatic hydroxyl groups is 1. The number of benzene rings is 1. The second-order valence-corrected chi connectivity index (χ2v) is 5.43. The molecule has 1 saturated heterocycles. The Morgan fingerprint density at radius 1 is 1.42 bits per heavy atom. The van der Waals surface area contributed by atoms with Gasteiger partial charge in [0.05, 0.1) is 7.11 Å². The Labute approximate surface area is 115 Å². The summed E-state index contributed by atoms with van der Waals surface area (Å²) in [5.41, 5.74) is 6.70. The zero-order valence-electron chi connectivity index (χ0n) is 11.8. The average Bonchev–Trinajstić information content (AvgIpc) is 2.43. The number of hydrogen-bond acceptors (Lipinski definition) is 4. The van der Waals surface area contributed by atoms with Gasteiger partial charge in [0.1, 0.15) is 0 Å². The summed E-state index contributed by atoms with van der Waals surface area (Å²) in [7, 11) is 1.58. The van der Waals surface area contributed by atoms with Gasteiger partial charge in [-0.05, 0) is 38.3 Å². The molecule has 0 bridgehead atoms. The van der Waals surface area contributed by atoms with Crippen LogP contribution < -0.4 is 10.5 Å². The highest BCUT2D eigenvalue weighted by Gasteiger charge is 2.25. The first-order valence-electron chi connectivity index (χ1n) is 6.94. The van der Waals surface area contributed by atoms with E-state index in [1.807, 2.05) is 12.1 Å². The summed E-state index contributed by atoms with van der Waals surface area (Å²) in [6, 6.07) is 6.19. The number of nitrogens with zero attached hydrogens (tertiary/aromatic N) is 1. The first kappa shape index (κ1) is 14.2. The maximum atomic E-state index is 10.2. The Kier molecular flexibility index (Phi) is 4.66. The summed E-state index contributed by atoms with van der Waals surface area (Å²) in [5.74, 6) is 1.37. The number of hydrogen-bond donors (Lipinski definition) is 2. The van der Waals surface area contributed by atoms with Crippen molar-refractivity contribution in [3.8, 4) is 11.5 Å². The van der Waals surface area contributed by atoms with Crippen LogP contribution in [-0.4, -0.2) is 36.2 Å². The lowest BCUT2D eigenvalue weighted by molar-refractivity contribution is 0.112. The molecule has 4 heteroatoms. The maximum Gasteiger partial charge on any atom is 0.162 e. The van der Waals surface area contributed by atoms with E-state index in [9.17, 15) is 5.11 Å². The topological polar surface area (TPSA) is 58.7 Å². The molecule has 1 fully saturated rings. The number of phenols is 1. The number of piperidine rings is 1. The standard InChI is InChI=1S/C15H24N2O2/c1-11-6-7-12(8-16)9-17(11)10-13-4-3-5-14(19-2)15(13)18/h3-5,11-12,18H,6-10,16H2,1-2H3. The molecule has 4 nitrogen and oxygen atoms in total. The van der Waals surface area contributed by atoms with Crippen molar-refractivity contribution in [2.75, 3.05) is 20.2 Å². The molecular formula is C15H24N2O2. The number of para-hydroxylation sites is 1. The monoisotopic (exact) mass is 264 g/mol. The van der Waals surface area contributed by atoms with Gasteiger partial charge in [-0.2, -0.15) is 0 Å². The highest BCUT2D eigenvalue weighted by atomic mass is 16.5. The summed E-state index contributed by atoms with van der Waals surface area (Å²) in [6.07, 6.45) is 2.38. The van der Waals surface area contributed by atoms with E-state index in [2.05, 4.69) is 11.8 Å². The summed E-state index contributed by atoms with van der Waals surface area (Å²) in [6.45, 7) is 4.74. The van der Waals surface area contributed by atoms with Crippen LogP contribution in [0.25, 0.3) is 0 Å². The fourth-order valence-corrected chi connectivity index (χ4v) is 2.75. The van der Waals surface area contributed by atoms with E-state index >= 15 is 0 Å². The molecule has 0 amide bonds. The van der Waals surface area contributed by atoms with E-state index < -0.39 is 0 Å². The molecule has 3 N–H and O–H groups in total. The summed E-state index contributed by atoms with van der Waals surface area (Å²) >= 11 is 0. The number of phenolic OH excluding ortho intramolecular Hbond substituents is 1. The second-order valence-electron chi connectivity index (χ2n) is 5.43. The van der Waals surface area contributed by atoms with Crippen LogP contribution in [0.15, 0.2) is 18.2 Å². The fourth-order valence-electron chi connectivity index (χ4n) is 2.75. The Morgan fingerprint density at radius 2 is 2.21 bits per heavy atom. The molecular weight excluding hydrogens is 240 g/mol. The average molecular weight is 264 g/mol. The predicted molar refractivity (Wildman–Crippen MR) is 76.3 cm³/mol. The van der Waals surface area contributed by atoms with Crippen LogP contribution in [0.2, 0.25) is 0 Å². The first-order valence-corrected chi connectivity index (χ1v) is 6.94. The number of ether oxygens (including phenoxy) is 1. The summed E-state index contributed by atoms with van der Waals surface area (Å²) in [4.78, 5) is 2.40.